The number of rotatable bonds is 6. The Labute approximate surface area is 160 Å². The minimum absolute atomic E-state index is 0.0651. The van der Waals surface area contributed by atoms with Crippen molar-refractivity contribution >= 4 is 17.5 Å². The Hall–Kier alpha value is -2.77. The summed E-state index contributed by atoms with van der Waals surface area (Å²) < 4.78 is 44.0. The van der Waals surface area contributed by atoms with Gasteiger partial charge in [-0.05, 0) is 36.2 Å². The number of anilines is 1. The molecule has 1 fully saturated rings. The molecule has 1 aromatic carbocycles. The molecule has 1 aliphatic rings. The first-order chi connectivity index (χ1) is 13.3. The summed E-state index contributed by atoms with van der Waals surface area (Å²) in [5, 5.41) is 0. The van der Waals surface area contributed by atoms with Crippen LogP contribution in [0.25, 0.3) is 0 Å². The zero-order valence-corrected chi connectivity index (χ0v) is 15.4. The van der Waals surface area contributed by atoms with Crippen LogP contribution >= 0.6 is 0 Å². The molecule has 0 radical (unpaired) electrons. The molecule has 2 heterocycles. The van der Waals surface area contributed by atoms with Crippen LogP contribution in [0.1, 0.15) is 24.7 Å². The van der Waals surface area contributed by atoms with Gasteiger partial charge in [0.1, 0.15) is 12.3 Å². The number of nitrogens with zero attached hydrogens (tertiary/aromatic N) is 2. The van der Waals surface area contributed by atoms with Gasteiger partial charge in [-0.15, -0.1) is 0 Å². The second kappa shape index (κ2) is 8.08. The van der Waals surface area contributed by atoms with Gasteiger partial charge in [0.25, 0.3) is 0 Å². The van der Waals surface area contributed by atoms with E-state index in [9.17, 15) is 22.8 Å². The number of amides is 2. The van der Waals surface area contributed by atoms with E-state index in [1.54, 1.807) is 18.2 Å². The lowest BCUT2D eigenvalue weighted by Gasteiger charge is -2.26. The largest absolute Gasteiger partial charge is 0.467 e. The molecule has 28 heavy (non-hydrogen) atoms. The first-order valence-electron chi connectivity index (χ1n) is 9.04. The smallest absolute Gasteiger partial charge is 0.406 e. The van der Waals surface area contributed by atoms with E-state index in [2.05, 4.69) is 0 Å². The minimum Gasteiger partial charge on any atom is -0.467 e. The topological polar surface area (TPSA) is 53.8 Å². The number of halogens is 3. The van der Waals surface area contributed by atoms with Crippen LogP contribution in [-0.2, 0) is 22.6 Å². The van der Waals surface area contributed by atoms with Crippen LogP contribution in [0.4, 0.5) is 18.9 Å². The normalized spacial score (nSPS) is 17.2. The number of carbonyl (C=O) groups is 2. The average molecular weight is 394 g/mol. The summed E-state index contributed by atoms with van der Waals surface area (Å²) in [6.07, 6.45) is -2.46. The maximum Gasteiger partial charge on any atom is 0.406 e. The number of carbonyl (C=O) groups excluding carboxylic acids is 2. The molecular formula is C20H21F3N2O3. The number of benzene rings is 1. The first kappa shape index (κ1) is 20.0. The van der Waals surface area contributed by atoms with Crippen molar-refractivity contribution < 1.29 is 27.2 Å². The van der Waals surface area contributed by atoms with Crippen LogP contribution in [0.2, 0.25) is 0 Å². The van der Waals surface area contributed by atoms with Crippen molar-refractivity contribution in [3.05, 3.63) is 54.0 Å². The molecule has 0 aliphatic carbocycles. The standard InChI is InChI=1S/C20H21F3N2O3/c1-2-14-5-7-16(8-6-14)25-11-15(10-18(25)26)19(27)24(13-20(21,22)23)12-17-4-3-9-28-17/h3-9,15H,2,10-13H2,1H3/t15-/m1/s1. The lowest BCUT2D eigenvalue weighted by Crippen LogP contribution is -2.42. The molecule has 0 spiro atoms. The number of alkyl halides is 3. The maximum absolute atomic E-state index is 13.0. The molecule has 1 saturated heterocycles. The fraction of sp³-hybridized carbons (Fsp3) is 0.400. The van der Waals surface area contributed by atoms with E-state index in [1.165, 1.54) is 17.2 Å². The predicted octanol–water partition coefficient (Wildman–Crippen LogP) is 3.79. The van der Waals surface area contributed by atoms with Gasteiger partial charge in [-0.25, -0.2) is 0 Å². The highest BCUT2D eigenvalue weighted by Crippen LogP contribution is 2.28. The van der Waals surface area contributed by atoms with Crippen LogP contribution < -0.4 is 4.90 Å². The van der Waals surface area contributed by atoms with E-state index in [0.717, 1.165) is 12.0 Å². The molecule has 8 heteroatoms. The third-order valence-electron chi connectivity index (χ3n) is 4.74. The number of hydrogen-bond donors (Lipinski definition) is 0. The van der Waals surface area contributed by atoms with E-state index in [1.807, 2.05) is 19.1 Å². The third-order valence-corrected chi connectivity index (χ3v) is 4.74. The molecule has 5 nitrogen and oxygen atoms in total. The van der Waals surface area contributed by atoms with Gasteiger partial charge < -0.3 is 14.2 Å². The molecule has 2 aromatic rings. The van der Waals surface area contributed by atoms with E-state index in [4.69, 9.17) is 4.42 Å². The number of aryl methyl sites for hydroxylation is 1. The Bertz CT molecular complexity index is 816. The fourth-order valence-corrected chi connectivity index (χ4v) is 3.31. The van der Waals surface area contributed by atoms with Crippen molar-refractivity contribution in [2.45, 2.75) is 32.5 Å². The maximum atomic E-state index is 13.0. The summed E-state index contributed by atoms with van der Waals surface area (Å²) in [5.41, 5.74) is 1.75. The Morgan fingerprint density at radius 2 is 1.96 bits per heavy atom. The van der Waals surface area contributed by atoms with Gasteiger partial charge in [-0.2, -0.15) is 13.2 Å². The first-order valence-corrected chi connectivity index (χ1v) is 9.04. The molecule has 0 bridgehead atoms. The van der Waals surface area contributed by atoms with Crippen molar-refractivity contribution in [1.29, 1.82) is 0 Å². The van der Waals surface area contributed by atoms with Gasteiger partial charge in [0, 0.05) is 18.7 Å². The van der Waals surface area contributed by atoms with E-state index < -0.39 is 24.5 Å². The highest BCUT2D eigenvalue weighted by molar-refractivity contribution is 6.00. The fourth-order valence-electron chi connectivity index (χ4n) is 3.31. The zero-order valence-electron chi connectivity index (χ0n) is 15.4. The molecule has 0 saturated carbocycles. The lowest BCUT2D eigenvalue weighted by molar-refractivity contribution is -0.165. The predicted molar refractivity (Wildman–Crippen MR) is 96.5 cm³/mol. The van der Waals surface area contributed by atoms with E-state index in [0.29, 0.717) is 10.6 Å². The lowest BCUT2D eigenvalue weighted by atomic mass is 10.1. The van der Waals surface area contributed by atoms with Gasteiger partial charge in [0.2, 0.25) is 11.8 Å². The van der Waals surface area contributed by atoms with Crippen molar-refractivity contribution in [3.8, 4) is 0 Å². The molecule has 0 unspecified atom stereocenters. The van der Waals surface area contributed by atoms with Crippen molar-refractivity contribution in [2.75, 3.05) is 18.0 Å². The van der Waals surface area contributed by atoms with Crippen LogP contribution in [0, 0.1) is 5.92 Å². The van der Waals surface area contributed by atoms with Gasteiger partial charge in [0.05, 0.1) is 18.7 Å². The Kier molecular flexibility index (Phi) is 5.76. The Morgan fingerprint density at radius 3 is 2.54 bits per heavy atom. The molecule has 1 aromatic heterocycles. The monoisotopic (exact) mass is 394 g/mol. The van der Waals surface area contributed by atoms with Gasteiger partial charge in [-0.3, -0.25) is 9.59 Å². The zero-order chi connectivity index (χ0) is 20.3. The van der Waals surface area contributed by atoms with Crippen molar-refractivity contribution in [1.82, 2.24) is 4.90 Å². The van der Waals surface area contributed by atoms with Gasteiger partial charge >= 0.3 is 6.18 Å². The highest BCUT2D eigenvalue weighted by atomic mass is 19.4. The second-order valence-electron chi connectivity index (χ2n) is 6.81. The number of furan rings is 1. The molecule has 0 N–H and O–H groups in total. The van der Waals surface area contributed by atoms with Crippen LogP contribution in [-0.4, -0.2) is 36.0 Å². The van der Waals surface area contributed by atoms with Gasteiger partial charge in [-0.1, -0.05) is 19.1 Å². The molecule has 3 rings (SSSR count). The second-order valence-corrected chi connectivity index (χ2v) is 6.81. The van der Waals surface area contributed by atoms with Crippen molar-refractivity contribution in [2.24, 2.45) is 5.92 Å². The quantitative estimate of drug-likeness (QED) is 0.749. The molecule has 2 amide bonds. The SMILES string of the molecule is CCc1ccc(N2C[C@H](C(=O)N(Cc3ccco3)CC(F)(F)F)CC2=O)cc1. The summed E-state index contributed by atoms with van der Waals surface area (Å²) in [5.74, 6) is -1.54. The summed E-state index contributed by atoms with van der Waals surface area (Å²) in [4.78, 5) is 27.3. The Morgan fingerprint density at radius 1 is 1.25 bits per heavy atom. The highest BCUT2D eigenvalue weighted by Gasteiger charge is 2.40. The van der Waals surface area contributed by atoms with Crippen LogP contribution in [0.3, 0.4) is 0 Å². The van der Waals surface area contributed by atoms with Crippen molar-refractivity contribution in [3.63, 3.8) is 0 Å². The summed E-state index contributed by atoms with van der Waals surface area (Å²) in [6, 6.07) is 10.4. The van der Waals surface area contributed by atoms with Crippen LogP contribution in [0.15, 0.2) is 47.1 Å². The third kappa shape index (κ3) is 4.74. The summed E-state index contributed by atoms with van der Waals surface area (Å²) in [7, 11) is 0. The minimum atomic E-state index is -4.54. The molecule has 1 aliphatic heterocycles. The number of hydrogen-bond acceptors (Lipinski definition) is 3. The van der Waals surface area contributed by atoms with E-state index in [-0.39, 0.29) is 31.2 Å². The molecule has 150 valence electrons. The molecular weight excluding hydrogens is 373 g/mol. The van der Waals surface area contributed by atoms with E-state index >= 15 is 0 Å². The van der Waals surface area contributed by atoms with Gasteiger partial charge in [0.15, 0.2) is 0 Å². The van der Waals surface area contributed by atoms with Crippen LogP contribution in [0.5, 0.6) is 0 Å². The molecule has 1 atom stereocenters. The summed E-state index contributed by atoms with van der Waals surface area (Å²) in [6.45, 7) is 0.401. The average Bonchev–Trinajstić information content (AvgIpc) is 3.29. The Balaban J connectivity index is 1.74. The summed E-state index contributed by atoms with van der Waals surface area (Å²) >= 11 is 0.